The van der Waals surface area contributed by atoms with Crippen molar-refractivity contribution in [1.82, 2.24) is 0 Å². The van der Waals surface area contributed by atoms with Gasteiger partial charge in [-0.15, -0.1) is 0 Å². The van der Waals surface area contributed by atoms with Gasteiger partial charge < -0.3 is 0 Å². The molecule has 0 spiro atoms. The van der Waals surface area contributed by atoms with Crippen molar-refractivity contribution in [3.05, 3.63) is 11.1 Å². The van der Waals surface area contributed by atoms with Gasteiger partial charge in [0.2, 0.25) is 0 Å². The largest absolute Gasteiger partial charge is 0.0733 e. The molecular formula is C10H16. The maximum absolute atomic E-state index is 2.44. The molecule has 0 heterocycles. The quantitative estimate of drug-likeness (QED) is 0.486. The first-order valence-electron chi connectivity index (χ1n) is 4.37. The van der Waals surface area contributed by atoms with E-state index in [1.807, 2.05) is 0 Å². The summed E-state index contributed by atoms with van der Waals surface area (Å²) in [6.07, 6.45) is 4.17. The monoisotopic (exact) mass is 136 g/mol. The van der Waals surface area contributed by atoms with Gasteiger partial charge >= 0.3 is 0 Å². The summed E-state index contributed by atoms with van der Waals surface area (Å²) < 4.78 is 0. The molecule has 0 nitrogen and oxygen atoms in total. The molecule has 0 heteroatoms. The van der Waals surface area contributed by atoms with Crippen molar-refractivity contribution in [3.63, 3.8) is 0 Å². The molecule has 2 atom stereocenters. The van der Waals surface area contributed by atoms with Gasteiger partial charge in [-0.05, 0) is 37.5 Å². The number of hydrogen-bond acceptors (Lipinski definition) is 0. The molecule has 2 aliphatic rings. The van der Waals surface area contributed by atoms with E-state index < -0.39 is 0 Å². The molecule has 0 aromatic heterocycles. The van der Waals surface area contributed by atoms with Crippen LogP contribution in [0.25, 0.3) is 0 Å². The normalized spacial score (nSPS) is 44.1. The van der Waals surface area contributed by atoms with Crippen molar-refractivity contribution in [2.75, 3.05) is 0 Å². The maximum Gasteiger partial charge on any atom is -0.00792 e. The third kappa shape index (κ3) is 0.574. The molecule has 0 aromatic carbocycles. The Bertz CT molecular complexity index is 200. The topological polar surface area (TPSA) is 0 Å². The minimum absolute atomic E-state index is 0.679. The zero-order valence-electron chi connectivity index (χ0n) is 7.20. The average molecular weight is 136 g/mol. The van der Waals surface area contributed by atoms with Gasteiger partial charge in [-0.25, -0.2) is 0 Å². The van der Waals surface area contributed by atoms with Crippen LogP contribution >= 0.6 is 0 Å². The Morgan fingerprint density at radius 3 is 2.60 bits per heavy atom. The summed E-state index contributed by atoms with van der Waals surface area (Å²) in [7, 11) is 0. The van der Waals surface area contributed by atoms with Crippen LogP contribution < -0.4 is 0 Å². The van der Waals surface area contributed by atoms with Crippen LogP contribution in [0.4, 0.5) is 0 Å². The lowest BCUT2D eigenvalue weighted by Crippen LogP contribution is -1.96. The van der Waals surface area contributed by atoms with Crippen molar-refractivity contribution < 1.29 is 0 Å². The smallest absolute Gasteiger partial charge is 0.00792 e. The number of rotatable bonds is 1. The minimum Gasteiger partial charge on any atom is -0.0733 e. The summed E-state index contributed by atoms with van der Waals surface area (Å²) in [4.78, 5) is 0. The Labute approximate surface area is 63.3 Å². The number of allylic oxidation sites excluding steroid dienone is 2. The first-order valence-corrected chi connectivity index (χ1v) is 4.37. The highest BCUT2D eigenvalue weighted by atomic mass is 14.6. The SMILES string of the molecule is CCC1=C(C)CC2CC12C. The van der Waals surface area contributed by atoms with Crippen molar-refractivity contribution in [3.8, 4) is 0 Å². The second-order valence-corrected chi connectivity index (χ2v) is 4.14. The van der Waals surface area contributed by atoms with Gasteiger partial charge in [-0.1, -0.05) is 25.0 Å². The molecule has 0 bridgehead atoms. The fourth-order valence-corrected chi connectivity index (χ4v) is 2.81. The van der Waals surface area contributed by atoms with Crippen LogP contribution in [0.3, 0.4) is 0 Å². The zero-order chi connectivity index (χ0) is 7.35. The third-order valence-corrected chi connectivity index (χ3v) is 3.52. The highest BCUT2D eigenvalue weighted by molar-refractivity contribution is 5.35. The summed E-state index contributed by atoms with van der Waals surface area (Å²) in [5.74, 6) is 1.04. The van der Waals surface area contributed by atoms with Gasteiger partial charge in [0.1, 0.15) is 0 Å². The van der Waals surface area contributed by atoms with Gasteiger partial charge in [-0.3, -0.25) is 0 Å². The van der Waals surface area contributed by atoms with E-state index in [4.69, 9.17) is 0 Å². The van der Waals surface area contributed by atoms with E-state index in [2.05, 4.69) is 20.8 Å². The zero-order valence-corrected chi connectivity index (χ0v) is 7.20. The van der Waals surface area contributed by atoms with Crippen molar-refractivity contribution in [2.24, 2.45) is 11.3 Å². The molecule has 2 unspecified atom stereocenters. The lowest BCUT2D eigenvalue weighted by Gasteiger charge is -2.10. The number of fused-ring (bicyclic) bond motifs is 1. The van der Waals surface area contributed by atoms with Crippen LogP contribution in [0.5, 0.6) is 0 Å². The molecule has 1 saturated carbocycles. The predicted octanol–water partition coefficient (Wildman–Crippen LogP) is 3.14. The van der Waals surface area contributed by atoms with E-state index in [0.717, 1.165) is 5.92 Å². The third-order valence-electron chi connectivity index (χ3n) is 3.52. The first-order chi connectivity index (χ1) is 4.68. The van der Waals surface area contributed by atoms with Gasteiger partial charge in [0.05, 0.1) is 0 Å². The van der Waals surface area contributed by atoms with Gasteiger partial charge in [0.15, 0.2) is 0 Å². The fourth-order valence-electron chi connectivity index (χ4n) is 2.81. The molecule has 0 aliphatic heterocycles. The predicted molar refractivity (Wildman–Crippen MR) is 43.8 cm³/mol. The molecule has 0 saturated heterocycles. The highest BCUT2D eigenvalue weighted by Gasteiger charge is 2.55. The molecular weight excluding hydrogens is 120 g/mol. The standard InChI is InChI=1S/C10H16/c1-4-9-7(2)5-8-6-10(8,9)3/h8H,4-6H2,1-3H3. The van der Waals surface area contributed by atoms with Gasteiger partial charge in [0.25, 0.3) is 0 Å². The second kappa shape index (κ2) is 1.66. The van der Waals surface area contributed by atoms with Crippen molar-refractivity contribution in [2.45, 2.75) is 40.0 Å². The van der Waals surface area contributed by atoms with Crippen molar-refractivity contribution >= 4 is 0 Å². The Morgan fingerprint density at radius 1 is 1.60 bits per heavy atom. The molecule has 0 N–H and O–H groups in total. The van der Waals surface area contributed by atoms with E-state index in [9.17, 15) is 0 Å². The molecule has 1 fully saturated rings. The molecule has 56 valence electrons. The lowest BCUT2D eigenvalue weighted by molar-refractivity contribution is 0.618. The van der Waals surface area contributed by atoms with Gasteiger partial charge in [0, 0.05) is 0 Å². The summed E-state index contributed by atoms with van der Waals surface area (Å²) in [6.45, 7) is 7.05. The van der Waals surface area contributed by atoms with E-state index >= 15 is 0 Å². The van der Waals surface area contributed by atoms with E-state index in [1.165, 1.54) is 19.3 Å². The lowest BCUT2D eigenvalue weighted by atomic mass is 9.95. The van der Waals surface area contributed by atoms with E-state index in [-0.39, 0.29) is 0 Å². The highest BCUT2D eigenvalue weighted by Crippen LogP contribution is 2.66. The fraction of sp³-hybridized carbons (Fsp3) is 0.800. The van der Waals surface area contributed by atoms with Crippen molar-refractivity contribution in [1.29, 1.82) is 0 Å². The molecule has 2 aliphatic carbocycles. The Kier molecular flexibility index (Phi) is 1.07. The van der Waals surface area contributed by atoms with Crippen LogP contribution in [0.2, 0.25) is 0 Å². The second-order valence-electron chi connectivity index (χ2n) is 4.14. The molecule has 10 heavy (non-hydrogen) atoms. The van der Waals surface area contributed by atoms with E-state index in [1.54, 1.807) is 11.1 Å². The summed E-state index contributed by atoms with van der Waals surface area (Å²) >= 11 is 0. The Hall–Kier alpha value is -0.260. The summed E-state index contributed by atoms with van der Waals surface area (Å²) in [5.41, 5.74) is 4.15. The molecule has 0 amide bonds. The molecule has 0 radical (unpaired) electrons. The van der Waals surface area contributed by atoms with E-state index in [0.29, 0.717) is 5.41 Å². The average Bonchev–Trinajstić information content (AvgIpc) is 2.38. The van der Waals surface area contributed by atoms with Crippen LogP contribution in [-0.4, -0.2) is 0 Å². The summed E-state index contributed by atoms with van der Waals surface area (Å²) in [5, 5.41) is 0. The van der Waals surface area contributed by atoms with Crippen LogP contribution in [0.15, 0.2) is 11.1 Å². The Balaban J connectivity index is 2.32. The minimum atomic E-state index is 0.679. The van der Waals surface area contributed by atoms with Crippen LogP contribution in [0.1, 0.15) is 40.0 Å². The molecule has 0 aromatic rings. The number of hydrogen-bond donors (Lipinski definition) is 0. The first kappa shape index (κ1) is 6.45. The Morgan fingerprint density at radius 2 is 2.30 bits per heavy atom. The maximum atomic E-state index is 2.44. The van der Waals surface area contributed by atoms with Crippen LogP contribution in [0, 0.1) is 11.3 Å². The van der Waals surface area contributed by atoms with Crippen LogP contribution in [-0.2, 0) is 0 Å². The van der Waals surface area contributed by atoms with Gasteiger partial charge in [-0.2, -0.15) is 0 Å². The summed E-state index contributed by atoms with van der Waals surface area (Å²) in [6, 6.07) is 0. The molecule has 2 rings (SSSR count).